The molecule has 1 nitrogen and oxygen atoms in total. The molecule has 0 N–H and O–H groups in total. The largest absolute Gasteiger partial charge is 0.288 e. The van der Waals surface area contributed by atoms with Gasteiger partial charge in [-0.2, -0.15) is 0 Å². The van der Waals surface area contributed by atoms with Crippen molar-refractivity contribution in [2.45, 2.75) is 6.92 Å². The summed E-state index contributed by atoms with van der Waals surface area (Å²) in [6.07, 6.45) is 4.04. The molecular formula is C9H9BrOS2. The van der Waals surface area contributed by atoms with Gasteiger partial charge in [-0.25, -0.2) is 0 Å². The predicted molar refractivity (Wildman–Crippen MR) is 64.2 cm³/mol. The van der Waals surface area contributed by atoms with Gasteiger partial charge in [-0.15, -0.1) is 11.3 Å². The summed E-state index contributed by atoms with van der Waals surface area (Å²) in [5, 5.41) is 2.19. The number of thiophene rings is 1. The minimum absolute atomic E-state index is 0.162. The van der Waals surface area contributed by atoms with E-state index < -0.39 is 0 Å². The first kappa shape index (κ1) is 11.0. The second-order valence-electron chi connectivity index (χ2n) is 2.34. The van der Waals surface area contributed by atoms with Gasteiger partial charge in [0.2, 0.25) is 0 Å². The van der Waals surface area contributed by atoms with Crippen molar-refractivity contribution in [3.63, 3.8) is 0 Å². The molecule has 70 valence electrons. The van der Waals surface area contributed by atoms with Gasteiger partial charge in [-0.3, -0.25) is 4.79 Å². The Morgan fingerprint density at radius 2 is 2.54 bits per heavy atom. The van der Waals surface area contributed by atoms with Crippen LogP contribution in [-0.4, -0.2) is 10.9 Å². The van der Waals surface area contributed by atoms with E-state index in [4.69, 9.17) is 0 Å². The van der Waals surface area contributed by atoms with Crippen LogP contribution in [0.1, 0.15) is 11.8 Å². The highest BCUT2D eigenvalue weighted by molar-refractivity contribution is 9.10. The zero-order chi connectivity index (χ0) is 9.68. The van der Waals surface area contributed by atoms with Crippen LogP contribution in [0.5, 0.6) is 0 Å². The maximum Gasteiger partial charge on any atom is 0.186 e. The fourth-order valence-electron chi connectivity index (χ4n) is 0.745. The zero-order valence-corrected chi connectivity index (χ0v) is 10.3. The summed E-state index contributed by atoms with van der Waals surface area (Å²) in [5.74, 6) is 0.750. The normalized spacial score (nSPS) is 10.9. The first-order valence-corrected chi connectivity index (χ1v) is 6.39. The molecule has 1 aromatic heterocycles. The molecule has 0 unspecified atom stereocenters. The monoisotopic (exact) mass is 276 g/mol. The van der Waals surface area contributed by atoms with Gasteiger partial charge in [0.15, 0.2) is 5.12 Å². The first-order chi connectivity index (χ1) is 6.20. The van der Waals surface area contributed by atoms with Crippen molar-refractivity contribution in [2.75, 3.05) is 5.75 Å². The molecule has 0 aliphatic heterocycles. The summed E-state index contributed by atoms with van der Waals surface area (Å²) in [6.45, 7) is 1.58. The van der Waals surface area contributed by atoms with E-state index in [2.05, 4.69) is 15.9 Å². The number of hydrogen-bond donors (Lipinski definition) is 0. The minimum atomic E-state index is 0.162. The van der Waals surface area contributed by atoms with E-state index in [-0.39, 0.29) is 5.12 Å². The van der Waals surface area contributed by atoms with E-state index in [1.807, 2.05) is 23.6 Å². The minimum Gasteiger partial charge on any atom is -0.288 e. The number of hydrogen-bond acceptors (Lipinski definition) is 3. The van der Waals surface area contributed by atoms with E-state index in [0.29, 0.717) is 0 Å². The Bertz CT molecular complexity index is 317. The molecule has 0 saturated heterocycles. The molecule has 13 heavy (non-hydrogen) atoms. The van der Waals surface area contributed by atoms with Crippen LogP contribution in [0.2, 0.25) is 0 Å². The van der Waals surface area contributed by atoms with Gasteiger partial charge in [0.1, 0.15) is 0 Å². The fraction of sp³-hybridized carbons (Fsp3) is 0.222. The highest BCUT2D eigenvalue weighted by Gasteiger charge is 1.95. The molecule has 0 saturated carbocycles. The maximum atomic E-state index is 10.6. The highest BCUT2D eigenvalue weighted by Crippen LogP contribution is 2.23. The van der Waals surface area contributed by atoms with Crippen LogP contribution in [0, 0.1) is 0 Å². The third-order valence-corrected chi connectivity index (χ3v) is 3.90. The second kappa shape index (κ2) is 5.62. The molecule has 1 heterocycles. The van der Waals surface area contributed by atoms with Crippen molar-refractivity contribution in [1.82, 2.24) is 0 Å². The van der Waals surface area contributed by atoms with E-state index >= 15 is 0 Å². The standard InChI is InChI=1S/C9H9BrOS2/c1-7(11)12-5-2-3-9-8(10)4-6-13-9/h2-4,6H,5H2,1H3. The SMILES string of the molecule is CC(=O)SCC=Cc1sccc1Br. The van der Waals surface area contributed by atoms with E-state index in [0.717, 1.165) is 10.2 Å². The molecule has 1 aromatic rings. The summed E-state index contributed by atoms with van der Waals surface area (Å²) in [6, 6.07) is 2.02. The zero-order valence-electron chi connectivity index (χ0n) is 7.12. The van der Waals surface area contributed by atoms with Crippen LogP contribution in [0.3, 0.4) is 0 Å². The van der Waals surface area contributed by atoms with Gasteiger partial charge in [-0.1, -0.05) is 17.8 Å². The van der Waals surface area contributed by atoms with Crippen LogP contribution in [0.15, 0.2) is 22.0 Å². The third kappa shape index (κ3) is 4.11. The molecular weight excluding hydrogens is 268 g/mol. The molecule has 0 fully saturated rings. The molecule has 0 atom stereocenters. The van der Waals surface area contributed by atoms with Crippen molar-refractivity contribution in [2.24, 2.45) is 0 Å². The molecule has 0 aliphatic carbocycles. The lowest BCUT2D eigenvalue weighted by molar-refractivity contribution is -0.109. The lowest BCUT2D eigenvalue weighted by Crippen LogP contribution is -1.80. The maximum absolute atomic E-state index is 10.6. The topological polar surface area (TPSA) is 17.1 Å². The van der Waals surface area contributed by atoms with Crippen LogP contribution < -0.4 is 0 Å². The number of rotatable bonds is 3. The van der Waals surface area contributed by atoms with Gasteiger partial charge in [0, 0.05) is 22.0 Å². The molecule has 0 aromatic carbocycles. The average Bonchev–Trinajstić information content (AvgIpc) is 2.45. The Balaban J connectivity index is 2.41. The Morgan fingerprint density at radius 3 is 3.08 bits per heavy atom. The smallest absolute Gasteiger partial charge is 0.186 e. The molecule has 0 amide bonds. The van der Waals surface area contributed by atoms with E-state index in [9.17, 15) is 4.79 Å². The van der Waals surface area contributed by atoms with Crippen molar-refractivity contribution in [3.05, 3.63) is 26.9 Å². The second-order valence-corrected chi connectivity index (χ2v) is 5.34. The first-order valence-electron chi connectivity index (χ1n) is 3.73. The summed E-state index contributed by atoms with van der Waals surface area (Å²) in [4.78, 5) is 11.8. The Morgan fingerprint density at radius 1 is 1.77 bits per heavy atom. The fourth-order valence-corrected chi connectivity index (χ4v) is 2.60. The third-order valence-electron chi connectivity index (χ3n) is 1.30. The average molecular weight is 277 g/mol. The Hall–Kier alpha value is -0.0600. The lowest BCUT2D eigenvalue weighted by atomic mass is 10.4. The van der Waals surface area contributed by atoms with Gasteiger partial charge in [0.25, 0.3) is 0 Å². The van der Waals surface area contributed by atoms with E-state index in [1.54, 1.807) is 18.3 Å². The Labute approximate surface area is 94.4 Å². The van der Waals surface area contributed by atoms with Crippen LogP contribution in [0.4, 0.5) is 0 Å². The number of carbonyl (C=O) groups excluding carboxylic acids is 1. The molecule has 0 aliphatic rings. The summed E-state index contributed by atoms with van der Waals surface area (Å²) >= 11 is 6.44. The van der Waals surface area contributed by atoms with Crippen molar-refractivity contribution in [1.29, 1.82) is 0 Å². The van der Waals surface area contributed by atoms with Crippen LogP contribution in [-0.2, 0) is 4.79 Å². The van der Waals surface area contributed by atoms with E-state index in [1.165, 1.54) is 16.6 Å². The molecule has 0 spiro atoms. The number of halogens is 1. The van der Waals surface area contributed by atoms with Crippen molar-refractivity contribution < 1.29 is 4.79 Å². The molecule has 4 heteroatoms. The van der Waals surface area contributed by atoms with Gasteiger partial charge >= 0.3 is 0 Å². The van der Waals surface area contributed by atoms with Gasteiger partial charge < -0.3 is 0 Å². The van der Waals surface area contributed by atoms with Crippen molar-refractivity contribution >= 4 is 50.2 Å². The summed E-state index contributed by atoms with van der Waals surface area (Å²) in [7, 11) is 0. The van der Waals surface area contributed by atoms with Crippen molar-refractivity contribution in [3.8, 4) is 0 Å². The molecule has 0 bridgehead atoms. The lowest BCUT2D eigenvalue weighted by Gasteiger charge is -1.89. The number of carbonyl (C=O) groups is 1. The molecule has 0 radical (unpaired) electrons. The summed E-state index contributed by atoms with van der Waals surface area (Å²) in [5.41, 5.74) is 0. The highest BCUT2D eigenvalue weighted by atomic mass is 79.9. The van der Waals surface area contributed by atoms with Crippen LogP contribution in [0.25, 0.3) is 6.08 Å². The van der Waals surface area contributed by atoms with Gasteiger partial charge in [-0.05, 0) is 33.5 Å². The van der Waals surface area contributed by atoms with Crippen LogP contribution >= 0.6 is 39.0 Å². The molecule has 1 rings (SSSR count). The number of thioether (sulfide) groups is 1. The quantitative estimate of drug-likeness (QED) is 0.835. The summed E-state index contributed by atoms with van der Waals surface area (Å²) < 4.78 is 1.11. The Kier molecular flexibility index (Phi) is 4.77. The predicted octanol–water partition coefficient (Wildman–Crippen LogP) is 3.80. The van der Waals surface area contributed by atoms with Gasteiger partial charge in [0.05, 0.1) is 0 Å².